The van der Waals surface area contributed by atoms with Gasteiger partial charge in [0.05, 0.1) is 13.2 Å². The van der Waals surface area contributed by atoms with Gasteiger partial charge in [-0.05, 0) is 12.8 Å². The molecule has 11 heteroatoms. The van der Waals surface area contributed by atoms with E-state index in [-0.39, 0.29) is 19.4 Å². The average molecular weight is 710 g/mol. The summed E-state index contributed by atoms with van der Waals surface area (Å²) in [6.07, 6.45) is 28.0. The first-order valence-electron chi connectivity index (χ1n) is 19.5. The Hall–Kier alpha value is -0.870. The monoisotopic (exact) mass is 710 g/mol. The summed E-state index contributed by atoms with van der Waals surface area (Å²) in [7, 11) is -4.83. The topological polar surface area (TPSA) is 177 Å². The molecule has 0 radical (unpaired) electrons. The molecule has 0 saturated heterocycles. The van der Waals surface area contributed by atoms with Crippen LogP contribution in [0.1, 0.15) is 194 Å². The lowest BCUT2D eigenvalue weighted by Crippen LogP contribution is -2.40. The van der Waals surface area contributed by atoms with E-state index in [1.165, 1.54) is 116 Å². The van der Waals surface area contributed by atoms with Crippen molar-refractivity contribution in [2.45, 2.75) is 206 Å². The first kappa shape index (κ1) is 49.2. The number of carbonyl (C=O) groups excluding carboxylic acids is 2. The average Bonchev–Trinajstić information content (AvgIpc) is 3.06. The Labute approximate surface area is 293 Å². The van der Waals surface area contributed by atoms with Crippen LogP contribution in [0, 0.1) is 0 Å². The van der Waals surface area contributed by atoms with Crippen molar-refractivity contribution in [3.05, 3.63) is 0 Å². The van der Waals surface area contributed by atoms with Crippen LogP contribution in [0.3, 0.4) is 0 Å². The van der Waals surface area contributed by atoms with Gasteiger partial charge in [0.2, 0.25) is 0 Å². The largest absolute Gasteiger partial charge is 0.469 e. The highest BCUT2D eigenvalue weighted by Crippen LogP contribution is 2.36. The van der Waals surface area contributed by atoms with Gasteiger partial charge in [-0.2, -0.15) is 0 Å². The molecule has 0 spiro atoms. The molecule has 0 aromatic rings. The van der Waals surface area contributed by atoms with Crippen molar-refractivity contribution >= 4 is 19.6 Å². The second-order valence-electron chi connectivity index (χ2n) is 13.2. The van der Waals surface area contributed by atoms with Gasteiger partial charge < -0.3 is 30.5 Å². The molecule has 2 unspecified atom stereocenters. The van der Waals surface area contributed by atoms with Crippen LogP contribution in [0.5, 0.6) is 0 Å². The maximum absolute atomic E-state index is 12.8. The molecule has 48 heavy (non-hydrogen) atoms. The quantitative estimate of drug-likeness (QED) is 0.0243. The minimum absolute atomic E-state index is 0.0972. The van der Waals surface area contributed by atoms with Crippen LogP contribution in [0.15, 0.2) is 0 Å². The number of nitrogens with two attached hydrogens (primary N) is 1. The number of ether oxygens (including phenoxy) is 1. The Kier molecular flexibility index (Phi) is 38.4. The number of aliphatic hydroxyl groups is 2. The van der Waals surface area contributed by atoms with Crippen molar-refractivity contribution in [2.24, 2.45) is 5.73 Å². The fourth-order valence-electron chi connectivity index (χ4n) is 5.57. The molecule has 0 saturated carbocycles. The number of phosphoric ester groups is 1. The van der Waals surface area contributed by atoms with Gasteiger partial charge in [0.15, 0.2) is 11.9 Å². The Morgan fingerprint density at radius 3 is 1.23 bits per heavy atom. The van der Waals surface area contributed by atoms with E-state index in [1.807, 2.05) is 0 Å². The van der Waals surface area contributed by atoms with Gasteiger partial charge in [-0.3, -0.25) is 14.1 Å². The number of carbonyl (C=O) groups is 2. The molecular formula is C37H76NO9P. The van der Waals surface area contributed by atoms with Crippen molar-refractivity contribution in [3.63, 3.8) is 0 Å². The van der Waals surface area contributed by atoms with Crippen LogP contribution < -0.4 is 5.73 Å². The van der Waals surface area contributed by atoms with Gasteiger partial charge in [0.25, 0.3) is 0 Å². The molecule has 0 aliphatic rings. The number of ketones is 1. The molecule has 0 aromatic heterocycles. The normalized spacial score (nSPS) is 12.7. The number of aliphatic hydroxyl groups excluding tert-OH is 2. The summed E-state index contributed by atoms with van der Waals surface area (Å²) in [6.45, 7) is 4.16. The molecule has 288 valence electrons. The SMILES string of the molecule is CCCCCCCCCCCCCCCC(=O)OC(C(=O)CCCCCCCCCCCCCCC)C(O)COP(=O)(O)O.NCCO. The van der Waals surface area contributed by atoms with Gasteiger partial charge in [0, 0.05) is 19.4 Å². The Morgan fingerprint density at radius 2 is 0.917 bits per heavy atom. The molecule has 0 bridgehead atoms. The summed E-state index contributed by atoms with van der Waals surface area (Å²) in [5.74, 6) is -1.01. The molecule has 0 fully saturated rings. The van der Waals surface area contributed by atoms with E-state index >= 15 is 0 Å². The highest BCUT2D eigenvalue weighted by Gasteiger charge is 2.32. The number of hydrogen-bond acceptors (Lipinski definition) is 8. The number of esters is 1. The predicted molar refractivity (Wildman–Crippen MR) is 196 cm³/mol. The van der Waals surface area contributed by atoms with E-state index in [2.05, 4.69) is 18.4 Å². The third kappa shape index (κ3) is 37.9. The highest BCUT2D eigenvalue weighted by molar-refractivity contribution is 7.46. The molecule has 0 aromatic carbocycles. The molecule has 0 aliphatic carbocycles. The van der Waals surface area contributed by atoms with E-state index in [1.54, 1.807) is 0 Å². The van der Waals surface area contributed by atoms with Crippen LogP contribution >= 0.6 is 7.82 Å². The predicted octanol–water partition coefficient (Wildman–Crippen LogP) is 8.84. The number of hydrogen-bond donors (Lipinski definition) is 5. The zero-order valence-corrected chi connectivity index (χ0v) is 31.8. The third-order valence-corrected chi connectivity index (χ3v) is 8.96. The van der Waals surface area contributed by atoms with Crippen LogP contribution in [-0.2, 0) is 23.4 Å². The third-order valence-electron chi connectivity index (χ3n) is 8.48. The zero-order valence-electron chi connectivity index (χ0n) is 30.9. The van der Waals surface area contributed by atoms with Gasteiger partial charge in [0.1, 0.15) is 6.10 Å². The molecule has 10 nitrogen and oxygen atoms in total. The van der Waals surface area contributed by atoms with Crippen LogP contribution in [0.2, 0.25) is 0 Å². The first-order valence-corrected chi connectivity index (χ1v) is 21.1. The molecule has 2 atom stereocenters. The van der Waals surface area contributed by atoms with E-state index in [0.29, 0.717) is 19.4 Å². The highest BCUT2D eigenvalue weighted by atomic mass is 31.2. The first-order chi connectivity index (χ1) is 23.1. The van der Waals surface area contributed by atoms with Crippen molar-refractivity contribution < 1.29 is 43.4 Å². The lowest BCUT2D eigenvalue weighted by molar-refractivity contribution is -0.163. The summed E-state index contributed by atoms with van der Waals surface area (Å²) in [5.41, 5.74) is 4.78. The van der Waals surface area contributed by atoms with Crippen molar-refractivity contribution in [1.29, 1.82) is 0 Å². The van der Waals surface area contributed by atoms with Crippen molar-refractivity contribution in [3.8, 4) is 0 Å². The fraction of sp³-hybridized carbons (Fsp3) is 0.946. The van der Waals surface area contributed by atoms with Gasteiger partial charge >= 0.3 is 13.8 Å². The lowest BCUT2D eigenvalue weighted by Gasteiger charge is -2.22. The van der Waals surface area contributed by atoms with Gasteiger partial charge in [-0.15, -0.1) is 0 Å². The summed E-state index contributed by atoms with van der Waals surface area (Å²) in [6, 6.07) is 0. The van der Waals surface area contributed by atoms with Crippen LogP contribution in [0.4, 0.5) is 0 Å². The number of rotatable bonds is 35. The van der Waals surface area contributed by atoms with E-state index in [4.69, 9.17) is 25.4 Å². The molecule has 0 amide bonds. The van der Waals surface area contributed by atoms with Gasteiger partial charge in [-0.1, -0.05) is 168 Å². The van der Waals surface area contributed by atoms with E-state index in [9.17, 15) is 19.3 Å². The number of unbranched alkanes of at least 4 members (excludes halogenated alkanes) is 24. The number of phosphoric acid groups is 1. The van der Waals surface area contributed by atoms with Crippen LogP contribution in [-0.4, -0.2) is 63.7 Å². The summed E-state index contributed by atoms with van der Waals surface area (Å²) in [5, 5.41) is 18.2. The minimum atomic E-state index is -4.83. The molecular weight excluding hydrogens is 633 g/mol. The molecule has 0 heterocycles. The summed E-state index contributed by atoms with van der Waals surface area (Å²) in [4.78, 5) is 43.3. The van der Waals surface area contributed by atoms with Crippen molar-refractivity contribution in [2.75, 3.05) is 19.8 Å². The van der Waals surface area contributed by atoms with Crippen molar-refractivity contribution in [1.82, 2.24) is 0 Å². The van der Waals surface area contributed by atoms with Gasteiger partial charge in [-0.25, -0.2) is 4.57 Å². The maximum atomic E-state index is 12.8. The van der Waals surface area contributed by atoms with Crippen LogP contribution in [0.25, 0.3) is 0 Å². The Bertz CT molecular complexity index is 748. The van der Waals surface area contributed by atoms with E-state index in [0.717, 1.165) is 38.5 Å². The maximum Gasteiger partial charge on any atom is 0.469 e. The summed E-state index contributed by atoms with van der Waals surface area (Å²) < 4.78 is 20.8. The zero-order chi connectivity index (χ0) is 36.1. The Morgan fingerprint density at radius 1 is 0.604 bits per heavy atom. The standard InChI is InChI=1S/C35H69O8P.C2H7NO/c1-3-5-7-9-11-13-15-17-19-21-23-25-27-29-32(36)35(33(37)31-42-44(39,40)41)43-34(38)30-28-26-24-22-20-18-16-14-12-10-8-6-4-2;3-1-2-4/h33,35,37H,3-31H2,1-2H3,(H2,39,40,41);4H,1-3H2. The smallest absolute Gasteiger partial charge is 0.451 e. The second kappa shape index (κ2) is 37.4. The molecule has 0 rings (SSSR count). The lowest BCUT2D eigenvalue weighted by atomic mass is 10.0. The molecule has 6 N–H and O–H groups in total. The summed E-state index contributed by atoms with van der Waals surface area (Å²) >= 11 is 0. The minimum Gasteiger partial charge on any atom is -0.451 e. The number of Topliss-reactive ketones (excluding diaryl/α,β-unsaturated/α-hetero) is 1. The second-order valence-corrected chi connectivity index (χ2v) is 14.5. The van der Waals surface area contributed by atoms with E-state index < -0.39 is 38.4 Å². The molecule has 0 aliphatic heterocycles. The Balaban J connectivity index is 0. The fourth-order valence-corrected chi connectivity index (χ4v) is 5.91.